The molecule has 2 aromatic heterocycles. The number of rotatable bonds is 4. The third kappa shape index (κ3) is 3.51. The molecule has 33 heavy (non-hydrogen) atoms. The van der Waals surface area contributed by atoms with Gasteiger partial charge in [-0.2, -0.15) is 0 Å². The Hall–Kier alpha value is -2.26. The van der Waals surface area contributed by atoms with Gasteiger partial charge in [-0.05, 0) is 63.2 Å². The zero-order valence-electron chi connectivity index (χ0n) is 18.7. The first-order valence-corrected chi connectivity index (χ1v) is 12.8. The average Bonchev–Trinajstić information content (AvgIpc) is 3.33. The molecule has 1 saturated heterocycles. The van der Waals surface area contributed by atoms with E-state index in [9.17, 15) is 19.5 Å². The van der Waals surface area contributed by atoms with Crippen molar-refractivity contribution in [2.75, 3.05) is 6.54 Å². The van der Waals surface area contributed by atoms with E-state index in [1.807, 2.05) is 12.3 Å². The number of aryl methyl sites for hydroxylation is 1. The molecule has 7 rings (SSSR count). The van der Waals surface area contributed by atoms with Crippen molar-refractivity contribution in [3.05, 3.63) is 33.2 Å². The number of thiazole rings is 1. The molecule has 5 aliphatic rings. The van der Waals surface area contributed by atoms with Crippen LogP contribution in [0.5, 0.6) is 0 Å². The number of hydrogen-bond donors (Lipinski definition) is 1. The van der Waals surface area contributed by atoms with Crippen LogP contribution in [0.1, 0.15) is 56.3 Å². The Bertz CT molecular complexity index is 1150. The number of ether oxygens (including phenoxy) is 1. The van der Waals surface area contributed by atoms with Gasteiger partial charge in [-0.25, -0.2) is 9.78 Å². The van der Waals surface area contributed by atoms with Gasteiger partial charge in [-0.3, -0.25) is 14.0 Å². The molecule has 1 amide bonds. The molecular formula is C24H29N3O5S. The van der Waals surface area contributed by atoms with E-state index in [-0.39, 0.29) is 36.5 Å². The van der Waals surface area contributed by atoms with E-state index in [2.05, 4.69) is 4.98 Å². The van der Waals surface area contributed by atoms with Crippen molar-refractivity contribution < 1.29 is 19.4 Å². The Morgan fingerprint density at radius 3 is 2.52 bits per heavy atom. The van der Waals surface area contributed by atoms with Gasteiger partial charge in [0.1, 0.15) is 12.6 Å². The molecule has 0 aromatic carbocycles. The predicted molar refractivity (Wildman–Crippen MR) is 121 cm³/mol. The van der Waals surface area contributed by atoms with Crippen molar-refractivity contribution in [2.24, 2.45) is 23.2 Å². The number of likely N-dealkylation sites (tertiary alicyclic amines) is 1. The van der Waals surface area contributed by atoms with Crippen molar-refractivity contribution in [3.63, 3.8) is 0 Å². The lowest BCUT2D eigenvalue weighted by Gasteiger charge is -2.56. The highest BCUT2D eigenvalue weighted by atomic mass is 32.1. The molecule has 5 fully saturated rings. The van der Waals surface area contributed by atoms with Gasteiger partial charge in [-0.15, -0.1) is 11.3 Å². The van der Waals surface area contributed by atoms with Crippen LogP contribution in [0.15, 0.2) is 16.2 Å². The van der Waals surface area contributed by atoms with Gasteiger partial charge in [0, 0.05) is 30.1 Å². The SMILES string of the molecule is Cc1csc2nc(COC(=O)[C@@H]3CC(O)CN3C(=O)C34CC5CC(CC(C5)C3)C4)cc(=O)n12. The summed E-state index contributed by atoms with van der Waals surface area (Å²) in [5.74, 6) is 1.37. The van der Waals surface area contributed by atoms with E-state index in [4.69, 9.17) is 4.74 Å². The molecule has 9 heteroatoms. The van der Waals surface area contributed by atoms with Crippen LogP contribution in [0, 0.1) is 30.1 Å². The maximum atomic E-state index is 13.8. The summed E-state index contributed by atoms with van der Waals surface area (Å²) in [6, 6.07) is 0.594. The number of aliphatic hydroxyl groups is 1. The lowest BCUT2D eigenvalue weighted by molar-refractivity contribution is -0.166. The predicted octanol–water partition coefficient (Wildman–Crippen LogP) is 2.29. The Morgan fingerprint density at radius 1 is 1.18 bits per heavy atom. The molecule has 3 heterocycles. The first-order valence-electron chi connectivity index (χ1n) is 11.9. The number of aliphatic hydroxyl groups excluding tert-OH is 1. The molecule has 0 radical (unpaired) electrons. The molecule has 0 spiro atoms. The smallest absolute Gasteiger partial charge is 0.329 e. The van der Waals surface area contributed by atoms with Crippen molar-refractivity contribution in [2.45, 2.75) is 70.6 Å². The second kappa shape index (κ2) is 7.63. The molecule has 4 bridgehead atoms. The summed E-state index contributed by atoms with van der Waals surface area (Å²) in [5, 5.41) is 12.2. The Balaban J connectivity index is 1.18. The number of carbonyl (C=O) groups excluding carboxylic acids is 2. The Kier molecular flexibility index (Phi) is 4.92. The minimum Gasteiger partial charge on any atom is -0.458 e. The van der Waals surface area contributed by atoms with Crippen LogP contribution in [-0.4, -0.2) is 50.0 Å². The Labute approximate surface area is 195 Å². The minimum absolute atomic E-state index is 0.0342. The second-order valence-corrected chi connectivity index (χ2v) is 11.6. The number of carbonyl (C=O) groups is 2. The van der Waals surface area contributed by atoms with E-state index >= 15 is 0 Å². The van der Waals surface area contributed by atoms with Gasteiger partial charge in [0.2, 0.25) is 5.91 Å². The summed E-state index contributed by atoms with van der Waals surface area (Å²) in [4.78, 5) is 45.8. The lowest BCUT2D eigenvalue weighted by Crippen LogP contribution is -2.56. The standard InChI is InChI=1S/C24H29N3O5S/c1-13-12-33-23-25-17(5-20(29)27(13)23)11-32-21(30)19-6-18(28)10-26(19)22(31)24-7-14-2-15(8-24)4-16(3-14)9-24/h5,12,14-16,18-19,28H,2-4,6-11H2,1H3/t14?,15?,16?,18?,19-,24?/m0/s1. The fourth-order valence-corrected chi connectivity index (χ4v) is 8.25. The molecular weight excluding hydrogens is 442 g/mol. The summed E-state index contributed by atoms with van der Waals surface area (Å²) in [5.41, 5.74) is 0.623. The quantitative estimate of drug-likeness (QED) is 0.687. The first kappa shape index (κ1) is 21.3. The van der Waals surface area contributed by atoms with E-state index in [0.717, 1.165) is 25.0 Å². The van der Waals surface area contributed by atoms with Crippen LogP contribution in [0.3, 0.4) is 0 Å². The van der Waals surface area contributed by atoms with E-state index in [1.54, 1.807) is 4.90 Å². The summed E-state index contributed by atoms with van der Waals surface area (Å²) in [6.45, 7) is 1.89. The minimum atomic E-state index is -0.783. The largest absolute Gasteiger partial charge is 0.458 e. The highest BCUT2D eigenvalue weighted by Crippen LogP contribution is 2.60. The number of nitrogens with zero attached hydrogens (tertiary/aromatic N) is 3. The molecule has 176 valence electrons. The van der Waals surface area contributed by atoms with Gasteiger partial charge < -0.3 is 14.7 Å². The zero-order valence-corrected chi connectivity index (χ0v) is 19.6. The van der Waals surface area contributed by atoms with Gasteiger partial charge in [-0.1, -0.05) is 0 Å². The summed E-state index contributed by atoms with van der Waals surface area (Å²) in [7, 11) is 0. The molecule has 4 aliphatic carbocycles. The average molecular weight is 472 g/mol. The van der Waals surface area contributed by atoms with Crippen LogP contribution < -0.4 is 5.56 Å². The van der Waals surface area contributed by atoms with Crippen molar-refractivity contribution >= 4 is 28.2 Å². The van der Waals surface area contributed by atoms with Gasteiger partial charge in [0.05, 0.1) is 17.2 Å². The number of aromatic nitrogens is 2. The van der Waals surface area contributed by atoms with Crippen molar-refractivity contribution in [1.29, 1.82) is 0 Å². The second-order valence-electron chi connectivity index (χ2n) is 10.7. The molecule has 1 aliphatic heterocycles. The lowest BCUT2D eigenvalue weighted by atomic mass is 9.49. The highest BCUT2D eigenvalue weighted by molar-refractivity contribution is 7.15. The van der Waals surface area contributed by atoms with E-state index in [0.29, 0.717) is 28.4 Å². The topological polar surface area (TPSA) is 101 Å². The fraction of sp³-hybridized carbons (Fsp3) is 0.667. The van der Waals surface area contributed by atoms with Crippen LogP contribution >= 0.6 is 11.3 Å². The maximum Gasteiger partial charge on any atom is 0.329 e. The number of β-amino-alcohol motifs (C(OH)–C–C–N with tert-alkyl or cyclic N) is 1. The molecule has 4 saturated carbocycles. The first-order chi connectivity index (χ1) is 15.8. The maximum absolute atomic E-state index is 13.8. The van der Waals surface area contributed by atoms with Crippen LogP contribution in [-0.2, 0) is 20.9 Å². The third-order valence-corrected chi connectivity index (χ3v) is 9.24. The number of esters is 1. The fourth-order valence-electron chi connectivity index (χ4n) is 7.36. The van der Waals surface area contributed by atoms with Crippen LogP contribution in [0.25, 0.3) is 4.96 Å². The highest BCUT2D eigenvalue weighted by Gasteiger charge is 2.57. The summed E-state index contributed by atoms with van der Waals surface area (Å²) >= 11 is 1.36. The monoisotopic (exact) mass is 471 g/mol. The number of fused-ring (bicyclic) bond motifs is 1. The van der Waals surface area contributed by atoms with Crippen LogP contribution in [0.2, 0.25) is 0 Å². The molecule has 2 aromatic rings. The zero-order chi connectivity index (χ0) is 22.9. The van der Waals surface area contributed by atoms with E-state index < -0.39 is 18.1 Å². The molecule has 1 unspecified atom stereocenters. The summed E-state index contributed by atoms with van der Waals surface area (Å²) in [6.07, 6.45) is 5.93. The van der Waals surface area contributed by atoms with Gasteiger partial charge >= 0.3 is 5.97 Å². The third-order valence-electron chi connectivity index (χ3n) is 8.29. The van der Waals surface area contributed by atoms with E-state index in [1.165, 1.54) is 41.1 Å². The summed E-state index contributed by atoms with van der Waals surface area (Å²) < 4.78 is 7.04. The van der Waals surface area contributed by atoms with Gasteiger partial charge in [0.25, 0.3) is 5.56 Å². The van der Waals surface area contributed by atoms with Crippen molar-refractivity contribution in [3.8, 4) is 0 Å². The normalized spacial score (nSPS) is 34.8. The molecule has 1 N–H and O–H groups in total. The number of hydrogen-bond acceptors (Lipinski definition) is 7. The van der Waals surface area contributed by atoms with Crippen molar-refractivity contribution in [1.82, 2.24) is 14.3 Å². The van der Waals surface area contributed by atoms with Gasteiger partial charge in [0.15, 0.2) is 4.96 Å². The Morgan fingerprint density at radius 2 is 1.85 bits per heavy atom. The molecule has 8 nitrogen and oxygen atoms in total. The van der Waals surface area contributed by atoms with Crippen LogP contribution in [0.4, 0.5) is 0 Å². The number of amides is 1. The molecule has 2 atom stereocenters.